The third kappa shape index (κ3) is 31.4. The minimum Gasteiger partial charge on any atom is -0.396 e. The fraction of sp³-hybridized carbons (Fsp3) is 1.00. The molecule has 0 aliphatic carbocycles. The monoisotopic (exact) mass is 269 g/mol. The molecular formula is C10H26CuN2O2. The van der Waals surface area contributed by atoms with Crippen LogP contribution in [0.5, 0.6) is 0 Å². The third-order valence-corrected chi connectivity index (χ3v) is 1.53. The van der Waals surface area contributed by atoms with Crippen molar-refractivity contribution in [1.82, 2.24) is 9.80 Å². The molecular weight excluding hydrogens is 244 g/mol. The first-order valence-corrected chi connectivity index (χ1v) is 5.05. The minimum atomic E-state index is 0. The number of hydrogen-bond acceptors (Lipinski definition) is 4. The Morgan fingerprint density at radius 3 is 1.07 bits per heavy atom. The molecule has 0 saturated carbocycles. The molecule has 0 aromatic carbocycles. The standard InChI is InChI=1S/2C5H13NO.Cu/c2*1-6(2)4-3-5-7;/h2*7H,3-5H2,1-2H3;. The van der Waals surface area contributed by atoms with Crippen LogP contribution >= 0.6 is 0 Å². The molecule has 0 saturated heterocycles. The molecule has 0 amide bonds. The summed E-state index contributed by atoms with van der Waals surface area (Å²) in [5, 5.41) is 16.6. The molecule has 0 aliphatic heterocycles. The molecule has 1 radical (unpaired) electrons. The van der Waals surface area contributed by atoms with Crippen molar-refractivity contribution < 1.29 is 27.3 Å². The Morgan fingerprint density at radius 2 is 1.00 bits per heavy atom. The molecule has 0 rings (SSSR count). The molecule has 0 aliphatic rings. The fourth-order valence-corrected chi connectivity index (χ4v) is 0.774. The Morgan fingerprint density at radius 1 is 0.733 bits per heavy atom. The molecule has 0 fully saturated rings. The predicted molar refractivity (Wildman–Crippen MR) is 60.5 cm³/mol. The van der Waals surface area contributed by atoms with E-state index in [2.05, 4.69) is 9.80 Å². The summed E-state index contributed by atoms with van der Waals surface area (Å²) in [6.45, 7) is 2.57. The predicted octanol–water partition coefficient (Wildman–Crippen LogP) is -0.142. The summed E-state index contributed by atoms with van der Waals surface area (Å²) in [7, 11) is 7.98. The van der Waals surface area contributed by atoms with Crippen molar-refractivity contribution in [1.29, 1.82) is 0 Å². The van der Waals surface area contributed by atoms with Crippen molar-refractivity contribution in [3.8, 4) is 0 Å². The van der Waals surface area contributed by atoms with E-state index >= 15 is 0 Å². The zero-order valence-electron chi connectivity index (χ0n) is 10.3. The molecule has 0 aromatic rings. The second-order valence-corrected chi connectivity index (χ2v) is 3.76. The summed E-state index contributed by atoms with van der Waals surface area (Å²) in [6, 6.07) is 0. The summed E-state index contributed by atoms with van der Waals surface area (Å²) in [4.78, 5) is 4.10. The van der Waals surface area contributed by atoms with Crippen LogP contribution in [0.2, 0.25) is 0 Å². The quantitative estimate of drug-likeness (QED) is 0.659. The van der Waals surface area contributed by atoms with E-state index in [9.17, 15) is 0 Å². The van der Waals surface area contributed by atoms with Crippen molar-refractivity contribution >= 4 is 0 Å². The van der Waals surface area contributed by atoms with Crippen molar-refractivity contribution in [3.63, 3.8) is 0 Å². The average molecular weight is 270 g/mol. The van der Waals surface area contributed by atoms with E-state index in [1.54, 1.807) is 0 Å². The summed E-state index contributed by atoms with van der Waals surface area (Å²) in [5.74, 6) is 0. The van der Waals surface area contributed by atoms with Crippen molar-refractivity contribution in [2.45, 2.75) is 12.8 Å². The van der Waals surface area contributed by atoms with Gasteiger partial charge in [-0.15, -0.1) is 0 Å². The number of nitrogens with zero attached hydrogens (tertiary/aromatic N) is 2. The maximum atomic E-state index is 8.29. The maximum Gasteiger partial charge on any atom is 0.0443 e. The second kappa shape index (κ2) is 16.8. The van der Waals surface area contributed by atoms with Gasteiger partial charge in [0.15, 0.2) is 0 Å². The smallest absolute Gasteiger partial charge is 0.0443 e. The number of aliphatic hydroxyl groups is 2. The Labute approximate surface area is 105 Å². The second-order valence-electron chi connectivity index (χ2n) is 3.76. The van der Waals surface area contributed by atoms with E-state index in [4.69, 9.17) is 10.2 Å². The Bertz CT molecular complexity index is 91.4. The van der Waals surface area contributed by atoms with Crippen LogP contribution in [-0.4, -0.2) is 74.5 Å². The summed E-state index contributed by atoms with van der Waals surface area (Å²) >= 11 is 0. The molecule has 0 heterocycles. The zero-order valence-corrected chi connectivity index (χ0v) is 11.3. The normalized spacial score (nSPS) is 9.60. The summed E-state index contributed by atoms with van der Waals surface area (Å²) in [5.41, 5.74) is 0. The molecule has 15 heavy (non-hydrogen) atoms. The molecule has 0 bridgehead atoms. The van der Waals surface area contributed by atoms with Crippen LogP contribution in [0.1, 0.15) is 12.8 Å². The van der Waals surface area contributed by atoms with Gasteiger partial charge in [-0.2, -0.15) is 0 Å². The van der Waals surface area contributed by atoms with Gasteiger partial charge in [-0.05, 0) is 54.1 Å². The molecule has 0 aromatic heterocycles. The molecule has 0 spiro atoms. The largest absolute Gasteiger partial charge is 0.396 e. The minimum absolute atomic E-state index is 0. The van der Waals surface area contributed by atoms with Crippen LogP contribution < -0.4 is 0 Å². The molecule has 99 valence electrons. The molecule has 4 nitrogen and oxygen atoms in total. The third-order valence-electron chi connectivity index (χ3n) is 1.53. The van der Waals surface area contributed by atoms with Gasteiger partial charge < -0.3 is 20.0 Å². The summed E-state index contributed by atoms with van der Waals surface area (Å²) < 4.78 is 0. The van der Waals surface area contributed by atoms with Gasteiger partial charge in [-0.1, -0.05) is 0 Å². The van der Waals surface area contributed by atoms with Gasteiger partial charge in [-0.3, -0.25) is 0 Å². The first kappa shape index (κ1) is 20.7. The molecule has 5 heteroatoms. The molecule has 2 N–H and O–H groups in total. The van der Waals surface area contributed by atoms with E-state index in [0.717, 1.165) is 25.9 Å². The van der Waals surface area contributed by atoms with Crippen LogP contribution in [-0.2, 0) is 17.1 Å². The van der Waals surface area contributed by atoms with Gasteiger partial charge in [0.1, 0.15) is 0 Å². The van der Waals surface area contributed by atoms with E-state index in [1.165, 1.54) is 0 Å². The average Bonchev–Trinajstić information content (AvgIpc) is 2.12. The molecule has 0 atom stereocenters. The van der Waals surface area contributed by atoms with Gasteiger partial charge in [0.2, 0.25) is 0 Å². The van der Waals surface area contributed by atoms with Crippen LogP contribution in [0.25, 0.3) is 0 Å². The number of aliphatic hydroxyl groups excluding tert-OH is 2. The number of hydrogen-bond donors (Lipinski definition) is 2. The van der Waals surface area contributed by atoms with Gasteiger partial charge in [0, 0.05) is 30.3 Å². The maximum absolute atomic E-state index is 8.29. The van der Waals surface area contributed by atoms with Crippen molar-refractivity contribution in [2.75, 3.05) is 54.5 Å². The van der Waals surface area contributed by atoms with Crippen LogP contribution in [0.15, 0.2) is 0 Å². The van der Waals surface area contributed by atoms with Gasteiger partial charge >= 0.3 is 0 Å². The van der Waals surface area contributed by atoms with E-state index in [1.807, 2.05) is 28.2 Å². The van der Waals surface area contributed by atoms with Crippen molar-refractivity contribution in [3.05, 3.63) is 0 Å². The Kier molecular flexibility index (Phi) is 23.2. The van der Waals surface area contributed by atoms with Crippen LogP contribution in [0.4, 0.5) is 0 Å². The Balaban J connectivity index is -0.000000180. The zero-order chi connectivity index (χ0) is 11.4. The van der Waals surface area contributed by atoms with Crippen LogP contribution in [0, 0.1) is 0 Å². The van der Waals surface area contributed by atoms with E-state index in [0.29, 0.717) is 13.2 Å². The van der Waals surface area contributed by atoms with E-state index in [-0.39, 0.29) is 17.1 Å². The first-order valence-electron chi connectivity index (χ1n) is 5.05. The topological polar surface area (TPSA) is 46.9 Å². The Hall–Kier alpha value is 0.359. The van der Waals surface area contributed by atoms with Crippen LogP contribution in [0.3, 0.4) is 0 Å². The van der Waals surface area contributed by atoms with E-state index < -0.39 is 0 Å². The SMILES string of the molecule is CN(C)CCCO.CN(C)CCCO.[Cu]. The van der Waals surface area contributed by atoms with Gasteiger partial charge in [-0.25, -0.2) is 0 Å². The van der Waals surface area contributed by atoms with Crippen molar-refractivity contribution in [2.24, 2.45) is 0 Å². The molecule has 0 unspecified atom stereocenters. The summed E-state index contributed by atoms with van der Waals surface area (Å²) in [6.07, 6.45) is 1.76. The fourth-order valence-electron chi connectivity index (χ4n) is 0.774. The van der Waals surface area contributed by atoms with Gasteiger partial charge in [0.25, 0.3) is 0 Å². The number of rotatable bonds is 6. The first-order chi connectivity index (χ1) is 6.54. The van der Waals surface area contributed by atoms with Gasteiger partial charge in [0.05, 0.1) is 0 Å².